The van der Waals surface area contributed by atoms with E-state index in [4.69, 9.17) is 4.74 Å². The Kier molecular flexibility index (Phi) is 6.19. The van der Waals surface area contributed by atoms with Crippen LogP contribution in [0.15, 0.2) is 0 Å². The number of fused-ring (bicyclic) bond motifs is 1. The molecular formula is C17H29N3O5S. The van der Waals surface area contributed by atoms with Gasteiger partial charge < -0.3 is 10.1 Å². The highest BCUT2D eigenvalue weighted by Gasteiger charge is 2.45. The van der Waals surface area contributed by atoms with E-state index < -0.39 is 16.1 Å². The van der Waals surface area contributed by atoms with Crippen LogP contribution in [0.25, 0.3) is 0 Å². The fourth-order valence-corrected chi connectivity index (χ4v) is 5.76. The number of hydrogen-bond acceptors (Lipinski definition) is 6. The molecule has 2 heterocycles. The summed E-state index contributed by atoms with van der Waals surface area (Å²) < 4.78 is 30.9. The number of carbonyl (C=O) groups is 2. The first kappa shape index (κ1) is 19.6. The second kappa shape index (κ2) is 8.22. The van der Waals surface area contributed by atoms with Crippen molar-refractivity contribution in [2.45, 2.75) is 50.6 Å². The molecular weight excluding hydrogens is 358 g/mol. The fraction of sp³-hybridized carbons (Fsp3) is 0.882. The van der Waals surface area contributed by atoms with Crippen LogP contribution >= 0.6 is 0 Å². The van der Waals surface area contributed by atoms with Crippen LogP contribution < -0.4 is 5.32 Å². The molecule has 2 atom stereocenters. The molecule has 148 valence electrons. The van der Waals surface area contributed by atoms with Crippen LogP contribution in [0.4, 0.5) is 0 Å². The second-order valence-corrected chi connectivity index (χ2v) is 9.52. The largest absolute Gasteiger partial charge is 0.385 e. The van der Waals surface area contributed by atoms with E-state index in [1.807, 2.05) is 4.90 Å². The third-order valence-corrected chi connectivity index (χ3v) is 7.42. The van der Waals surface area contributed by atoms with Gasteiger partial charge in [0.15, 0.2) is 0 Å². The third kappa shape index (κ3) is 4.20. The van der Waals surface area contributed by atoms with Gasteiger partial charge in [0, 0.05) is 45.3 Å². The summed E-state index contributed by atoms with van der Waals surface area (Å²) >= 11 is 0. The molecule has 0 bridgehead atoms. The van der Waals surface area contributed by atoms with Crippen molar-refractivity contribution >= 4 is 21.8 Å². The molecule has 3 fully saturated rings. The van der Waals surface area contributed by atoms with Crippen LogP contribution in [0.1, 0.15) is 38.5 Å². The Labute approximate surface area is 155 Å². The predicted octanol–water partition coefficient (Wildman–Crippen LogP) is -0.0558. The maximum absolute atomic E-state index is 12.9. The van der Waals surface area contributed by atoms with E-state index in [-0.39, 0.29) is 36.1 Å². The molecule has 2 aliphatic heterocycles. The highest BCUT2D eigenvalue weighted by atomic mass is 32.2. The number of sulfonamides is 1. The number of rotatable bonds is 6. The highest BCUT2D eigenvalue weighted by Crippen LogP contribution is 2.27. The number of carbonyl (C=O) groups excluding carboxylic acids is 2. The van der Waals surface area contributed by atoms with Crippen molar-refractivity contribution in [2.24, 2.45) is 5.92 Å². The summed E-state index contributed by atoms with van der Waals surface area (Å²) in [5.74, 6) is -0.249. The molecule has 2 amide bonds. The Balaban J connectivity index is 1.64. The molecule has 1 aliphatic carbocycles. The Morgan fingerprint density at radius 3 is 2.73 bits per heavy atom. The van der Waals surface area contributed by atoms with Crippen LogP contribution in [-0.4, -0.2) is 80.6 Å². The lowest BCUT2D eigenvalue weighted by molar-refractivity contribution is -0.131. The van der Waals surface area contributed by atoms with E-state index in [1.165, 1.54) is 0 Å². The van der Waals surface area contributed by atoms with Gasteiger partial charge in [-0.3, -0.25) is 14.5 Å². The zero-order chi connectivity index (χ0) is 18.7. The summed E-state index contributed by atoms with van der Waals surface area (Å²) in [4.78, 5) is 27.2. The van der Waals surface area contributed by atoms with E-state index in [9.17, 15) is 18.0 Å². The Bertz CT molecular complexity index is 632. The Morgan fingerprint density at radius 2 is 2.04 bits per heavy atom. The van der Waals surface area contributed by atoms with E-state index in [0.29, 0.717) is 32.5 Å². The van der Waals surface area contributed by atoms with E-state index in [2.05, 4.69) is 5.32 Å². The fourth-order valence-electron chi connectivity index (χ4n) is 4.27. The number of nitrogens with zero attached hydrogens (tertiary/aromatic N) is 2. The molecule has 2 saturated heterocycles. The average molecular weight is 388 g/mol. The SMILES string of the molecule is COCCCN1C(=O)[C@@H]2C[C@H](NC(=O)C3CCCC3)CN2CCS1(=O)=O. The molecule has 0 unspecified atom stereocenters. The molecule has 1 N–H and O–H groups in total. The van der Waals surface area contributed by atoms with Gasteiger partial charge in [0.1, 0.15) is 0 Å². The molecule has 0 radical (unpaired) electrons. The van der Waals surface area contributed by atoms with E-state index in [1.54, 1.807) is 7.11 Å². The number of amides is 2. The topological polar surface area (TPSA) is 96.0 Å². The van der Waals surface area contributed by atoms with Crippen molar-refractivity contribution in [3.05, 3.63) is 0 Å². The minimum atomic E-state index is -3.59. The number of ether oxygens (including phenoxy) is 1. The van der Waals surface area contributed by atoms with Crippen molar-refractivity contribution in [3.8, 4) is 0 Å². The first-order chi connectivity index (χ1) is 12.4. The van der Waals surface area contributed by atoms with E-state index >= 15 is 0 Å². The summed E-state index contributed by atoms with van der Waals surface area (Å²) in [5.41, 5.74) is 0. The normalized spacial score (nSPS) is 29.6. The Morgan fingerprint density at radius 1 is 1.31 bits per heavy atom. The van der Waals surface area contributed by atoms with Gasteiger partial charge in [-0.05, 0) is 25.7 Å². The summed E-state index contributed by atoms with van der Waals surface area (Å²) in [7, 11) is -2.04. The number of methoxy groups -OCH3 is 1. The summed E-state index contributed by atoms with van der Waals surface area (Å²) in [5, 5.41) is 3.09. The van der Waals surface area contributed by atoms with Crippen molar-refractivity contribution in [1.82, 2.24) is 14.5 Å². The van der Waals surface area contributed by atoms with Gasteiger partial charge in [-0.2, -0.15) is 0 Å². The molecule has 0 aromatic rings. The Hall–Kier alpha value is -1.19. The van der Waals surface area contributed by atoms with Crippen molar-refractivity contribution in [2.75, 3.05) is 39.1 Å². The summed E-state index contributed by atoms with van der Waals surface area (Å²) in [6, 6.07) is -0.553. The van der Waals surface area contributed by atoms with Gasteiger partial charge in [0.2, 0.25) is 15.9 Å². The summed E-state index contributed by atoms with van der Waals surface area (Å²) in [6.07, 6.45) is 5.05. The molecule has 8 nitrogen and oxygen atoms in total. The van der Waals surface area contributed by atoms with Crippen LogP contribution in [0.2, 0.25) is 0 Å². The third-order valence-electron chi connectivity index (χ3n) is 5.69. The van der Waals surface area contributed by atoms with E-state index in [0.717, 1.165) is 30.0 Å². The maximum Gasteiger partial charge on any atom is 0.253 e. The smallest absolute Gasteiger partial charge is 0.253 e. The standard InChI is InChI=1S/C17H29N3O5S/c1-25-9-4-7-20-17(22)15-11-14(12-19(15)8-10-26(20,23)24)18-16(21)13-5-2-3-6-13/h13-15H,2-12H2,1H3,(H,18,21)/t14-,15-/m0/s1. The summed E-state index contributed by atoms with van der Waals surface area (Å²) in [6.45, 7) is 1.43. The monoisotopic (exact) mass is 387 g/mol. The van der Waals surface area contributed by atoms with Gasteiger partial charge in [-0.25, -0.2) is 12.7 Å². The molecule has 0 spiro atoms. The van der Waals surface area contributed by atoms with Crippen LogP contribution in [0.5, 0.6) is 0 Å². The lowest BCUT2D eigenvalue weighted by atomic mass is 10.1. The number of hydrogen-bond donors (Lipinski definition) is 1. The van der Waals surface area contributed by atoms with Crippen molar-refractivity contribution in [1.29, 1.82) is 0 Å². The molecule has 3 aliphatic rings. The van der Waals surface area contributed by atoms with Crippen LogP contribution in [0.3, 0.4) is 0 Å². The van der Waals surface area contributed by atoms with Crippen LogP contribution in [0, 0.1) is 5.92 Å². The minimum Gasteiger partial charge on any atom is -0.385 e. The quantitative estimate of drug-likeness (QED) is 0.642. The van der Waals surface area contributed by atoms with Gasteiger partial charge in [-0.15, -0.1) is 0 Å². The lowest BCUT2D eigenvalue weighted by Gasteiger charge is -2.23. The number of nitrogens with one attached hydrogen (secondary N) is 1. The molecule has 3 rings (SSSR count). The van der Waals surface area contributed by atoms with Gasteiger partial charge >= 0.3 is 0 Å². The zero-order valence-corrected chi connectivity index (χ0v) is 16.2. The predicted molar refractivity (Wildman–Crippen MR) is 95.9 cm³/mol. The van der Waals surface area contributed by atoms with Crippen molar-refractivity contribution in [3.63, 3.8) is 0 Å². The first-order valence-electron chi connectivity index (χ1n) is 9.50. The first-order valence-corrected chi connectivity index (χ1v) is 11.1. The highest BCUT2D eigenvalue weighted by molar-refractivity contribution is 7.89. The lowest BCUT2D eigenvalue weighted by Crippen LogP contribution is -2.45. The molecule has 26 heavy (non-hydrogen) atoms. The maximum atomic E-state index is 12.9. The minimum absolute atomic E-state index is 0.0640. The second-order valence-electron chi connectivity index (χ2n) is 7.51. The van der Waals surface area contributed by atoms with Gasteiger partial charge in [0.25, 0.3) is 5.91 Å². The van der Waals surface area contributed by atoms with Gasteiger partial charge in [0.05, 0.1) is 11.8 Å². The molecule has 0 aromatic carbocycles. The average Bonchev–Trinajstić information content (AvgIpc) is 3.24. The van der Waals surface area contributed by atoms with Crippen molar-refractivity contribution < 1.29 is 22.7 Å². The van der Waals surface area contributed by atoms with Crippen LogP contribution in [-0.2, 0) is 24.3 Å². The van der Waals surface area contributed by atoms with Gasteiger partial charge in [-0.1, -0.05) is 12.8 Å². The molecule has 0 aromatic heterocycles. The molecule has 9 heteroatoms. The molecule has 1 saturated carbocycles. The zero-order valence-electron chi connectivity index (χ0n) is 15.4.